The molecule has 0 saturated carbocycles. The fourth-order valence-corrected chi connectivity index (χ4v) is 4.95. The molecule has 0 spiro atoms. The summed E-state index contributed by atoms with van der Waals surface area (Å²) < 4.78 is 5.34. The average Bonchev–Trinajstić information content (AvgIpc) is 3.33. The number of nitrogens with one attached hydrogen (secondary N) is 2. The van der Waals surface area contributed by atoms with Crippen LogP contribution in [0.3, 0.4) is 0 Å². The normalized spacial score (nSPS) is 21.3. The zero-order chi connectivity index (χ0) is 24.8. The Hall–Kier alpha value is -2.37. The molecule has 1 amide bonds. The highest BCUT2D eigenvalue weighted by atomic mass is 16.6. The number of rotatable bonds is 7. The number of ether oxygens (including phenoxy) is 1. The molecule has 2 N–H and O–H groups in total. The molecule has 1 saturated heterocycles. The third-order valence-corrected chi connectivity index (χ3v) is 6.49. The van der Waals surface area contributed by atoms with Crippen molar-refractivity contribution in [3.8, 4) is 5.75 Å². The highest BCUT2D eigenvalue weighted by Gasteiger charge is 2.28. The van der Waals surface area contributed by atoms with E-state index in [1.165, 1.54) is 30.4 Å². The topological polar surface area (TPSA) is 53.6 Å². The van der Waals surface area contributed by atoms with Gasteiger partial charge in [-0.15, -0.1) is 0 Å². The van der Waals surface area contributed by atoms with E-state index >= 15 is 0 Å². The summed E-state index contributed by atoms with van der Waals surface area (Å²) in [6.45, 7) is 14.2. The Morgan fingerprint density at radius 2 is 1.71 bits per heavy atom. The van der Waals surface area contributed by atoms with Crippen LogP contribution in [-0.4, -0.2) is 49.3 Å². The number of likely N-dealkylation sites (tertiary alicyclic amines) is 1. The Kier molecular flexibility index (Phi) is 12.7. The van der Waals surface area contributed by atoms with Crippen molar-refractivity contribution < 1.29 is 9.53 Å². The van der Waals surface area contributed by atoms with Crippen LogP contribution in [0.15, 0.2) is 54.6 Å². The second-order valence-electron chi connectivity index (χ2n) is 8.45. The van der Waals surface area contributed by atoms with Gasteiger partial charge in [-0.25, -0.2) is 4.79 Å². The van der Waals surface area contributed by atoms with Crippen molar-refractivity contribution in [2.75, 3.05) is 26.2 Å². The quantitative estimate of drug-likeness (QED) is 0.524. The Bertz CT molecular complexity index is 827. The molecule has 1 heterocycles. The first-order valence-electron chi connectivity index (χ1n) is 13.3. The maximum absolute atomic E-state index is 12.1. The van der Waals surface area contributed by atoms with Crippen LogP contribution in [0.2, 0.25) is 0 Å². The van der Waals surface area contributed by atoms with Gasteiger partial charge in [0.05, 0.1) is 0 Å². The van der Waals surface area contributed by atoms with Crippen molar-refractivity contribution >= 4 is 6.09 Å². The van der Waals surface area contributed by atoms with E-state index in [0.29, 0.717) is 17.7 Å². The number of amides is 1. The molecule has 0 aromatic heterocycles. The van der Waals surface area contributed by atoms with Gasteiger partial charge in [0.25, 0.3) is 0 Å². The molecule has 4 rings (SSSR count). The van der Waals surface area contributed by atoms with Gasteiger partial charge in [-0.05, 0) is 54.9 Å². The smallest absolute Gasteiger partial charge is 0.410 e. The highest BCUT2D eigenvalue weighted by molar-refractivity contribution is 5.70. The summed E-state index contributed by atoms with van der Waals surface area (Å²) >= 11 is 0. The molecule has 3 unspecified atom stereocenters. The van der Waals surface area contributed by atoms with Gasteiger partial charge in [-0.3, -0.25) is 4.90 Å². The van der Waals surface area contributed by atoms with Gasteiger partial charge in [0, 0.05) is 38.3 Å². The molecule has 5 heteroatoms. The van der Waals surface area contributed by atoms with Crippen LogP contribution in [0.1, 0.15) is 70.9 Å². The van der Waals surface area contributed by atoms with Crippen LogP contribution in [0.5, 0.6) is 5.75 Å². The van der Waals surface area contributed by atoms with Crippen LogP contribution >= 0.6 is 0 Å². The molecule has 0 bridgehead atoms. The predicted octanol–water partition coefficient (Wildman–Crippen LogP) is 6.00. The van der Waals surface area contributed by atoms with Gasteiger partial charge in [0.2, 0.25) is 0 Å². The monoisotopic (exact) mass is 467 g/mol. The first kappa shape index (κ1) is 27.9. The first-order chi connectivity index (χ1) is 16.7. The summed E-state index contributed by atoms with van der Waals surface area (Å²) in [6, 6.07) is 18.9. The lowest BCUT2D eigenvalue weighted by Crippen LogP contribution is -2.43. The molecular formula is C29H45N3O2. The van der Waals surface area contributed by atoms with Gasteiger partial charge in [0.1, 0.15) is 5.75 Å². The largest absolute Gasteiger partial charge is 0.412 e. The highest BCUT2D eigenvalue weighted by Crippen LogP contribution is 2.33. The zero-order valence-corrected chi connectivity index (χ0v) is 21.8. The average molecular weight is 468 g/mol. The SMILES string of the molecule is CC.CC.CCC1c2ccccc2CCC1NCCN1CCC(NC(=O)Oc2ccccc2)C1. The fraction of sp³-hybridized carbons (Fsp3) is 0.552. The lowest BCUT2D eigenvalue weighted by Gasteiger charge is -2.34. The van der Waals surface area contributed by atoms with Crippen LogP contribution in [0.4, 0.5) is 4.79 Å². The molecule has 188 valence electrons. The van der Waals surface area contributed by atoms with Crippen molar-refractivity contribution in [2.45, 2.75) is 78.3 Å². The fourth-order valence-electron chi connectivity index (χ4n) is 4.95. The summed E-state index contributed by atoms with van der Waals surface area (Å²) in [4.78, 5) is 14.5. The summed E-state index contributed by atoms with van der Waals surface area (Å²) in [5.74, 6) is 1.18. The molecule has 1 aliphatic carbocycles. The molecular weight excluding hydrogens is 422 g/mol. The lowest BCUT2D eigenvalue weighted by molar-refractivity contribution is 0.195. The zero-order valence-electron chi connectivity index (χ0n) is 21.8. The maximum Gasteiger partial charge on any atom is 0.412 e. The Balaban J connectivity index is 0.000000970. The molecule has 34 heavy (non-hydrogen) atoms. The maximum atomic E-state index is 12.1. The summed E-state index contributed by atoms with van der Waals surface area (Å²) in [6.07, 6.45) is 4.17. The number of para-hydroxylation sites is 1. The Labute approximate surface area is 207 Å². The van der Waals surface area contributed by atoms with E-state index in [0.717, 1.165) is 32.6 Å². The number of hydrogen-bond acceptors (Lipinski definition) is 4. The van der Waals surface area contributed by atoms with Crippen LogP contribution < -0.4 is 15.4 Å². The summed E-state index contributed by atoms with van der Waals surface area (Å²) in [7, 11) is 0. The molecule has 1 fully saturated rings. The van der Waals surface area contributed by atoms with Gasteiger partial charge in [0.15, 0.2) is 0 Å². The predicted molar refractivity (Wildman–Crippen MR) is 143 cm³/mol. The minimum absolute atomic E-state index is 0.158. The lowest BCUT2D eigenvalue weighted by atomic mass is 9.78. The van der Waals surface area contributed by atoms with Gasteiger partial charge < -0.3 is 15.4 Å². The number of aryl methyl sites for hydroxylation is 1. The number of nitrogens with zero attached hydrogens (tertiary/aromatic N) is 1. The van der Waals surface area contributed by atoms with E-state index in [1.54, 1.807) is 12.1 Å². The minimum Gasteiger partial charge on any atom is -0.410 e. The van der Waals surface area contributed by atoms with Crippen molar-refractivity contribution in [2.24, 2.45) is 0 Å². The minimum atomic E-state index is -0.363. The number of benzene rings is 2. The Morgan fingerprint density at radius 1 is 1.00 bits per heavy atom. The number of hydrogen-bond donors (Lipinski definition) is 2. The molecule has 0 radical (unpaired) electrons. The van der Waals surface area contributed by atoms with E-state index in [4.69, 9.17) is 4.74 Å². The number of carbonyl (C=O) groups excluding carboxylic acids is 1. The van der Waals surface area contributed by atoms with E-state index in [1.807, 2.05) is 45.9 Å². The van der Waals surface area contributed by atoms with Crippen LogP contribution in [-0.2, 0) is 6.42 Å². The first-order valence-corrected chi connectivity index (χ1v) is 13.3. The second kappa shape index (κ2) is 15.5. The molecule has 1 aliphatic heterocycles. The van der Waals surface area contributed by atoms with E-state index in [9.17, 15) is 4.79 Å². The van der Waals surface area contributed by atoms with E-state index in [-0.39, 0.29) is 12.1 Å². The standard InChI is InChI=1S/C25H33N3O2.2C2H6/c1-2-22-23-11-7-6-8-19(23)12-13-24(22)26-15-17-28-16-14-20(18-28)27-25(29)30-21-9-4-3-5-10-21;2*1-2/h3-11,20,22,24,26H,2,12-18H2,1H3,(H,27,29);2*1-2H3. The van der Waals surface area contributed by atoms with Crippen LogP contribution in [0, 0.1) is 0 Å². The summed E-state index contributed by atoms with van der Waals surface area (Å²) in [5.41, 5.74) is 3.06. The van der Waals surface area contributed by atoms with Crippen molar-refractivity contribution in [3.05, 3.63) is 65.7 Å². The van der Waals surface area contributed by atoms with Crippen molar-refractivity contribution in [1.82, 2.24) is 15.5 Å². The van der Waals surface area contributed by atoms with E-state index in [2.05, 4.69) is 46.7 Å². The molecule has 2 aromatic rings. The molecule has 5 nitrogen and oxygen atoms in total. The Morgan fingerprint density at radius 3 is 2.44 bits per heavy atom. The number of carbonyl (C=O) groups is 1. The summed E-state index contributed by atoms with van der Waals surface area (Å²) in [5, 5.41) is 6.83. The van der Waals surface area contributed by atoms with E-state index < -0.39 is 0 Å². The van der Waals surface area contributed by atoms with Crippen LogP contribution in [0.25, 0.3) is 0 Å². The molecule has 2 aliphatic rings. The number of fused-ring (bicyclic) bond motifs is 1. The van der Waals surface area contributed by atoms with Crippen molar-refractivity contribution in [3.63, 3.8) is 0 Å². The van der Waals surface area contributed by atoms with Gasteiger partial charge in [-0.2, -0.15) is 0 Å². The molecule has 3 atom stereocenters. The van der Waals surface area contributed by atoms with Crippen molar-refractivity contribution in [1.29, 1.82) is 0 Å². The third-order valence-electron chi connectivity index (χ3n) is 6.49. The third kappa shape index (κ3) is 8.14. The molecule has 2 aromatic carbocycles. The van der Waals surface area contributed by atoms with Gasteiger partial charge >= 0.3 is 6.09 Å². The van der Waals surface area contributed by atoms with Gasteiger partial charge in [-0.1, -0.05) is 77.1 Å². The second-order valence-corrected chi connectivity index (χ2v) is 8.45.